The monoisotopic (exact) mass is 456 g/mol. The Hall–Kier alpha value is -4.06. The summed E-state index contributed by atoms with van der Waals surface area (Å²) in [6.07, 6.45) is 0.904. The van der Waals surface area contributed by atoms with Gasteiger partial charge in [0.2, 0.25) is 0 Å². The summed E-state index contributed by atoms with van der Waals surface area (Å²) in [5.74, 6) is 0.656. The second kappa shape index (κ2) is 9.83. The van der Waals surface area contributed by atoms with Crippen LogP contribution in [-0.2, 0) is 9.59 Å². The molecule has 0 aromatic heterocycles. The minimum absolute atomic E-state index is 0.232. The molecular weight excluding hydrogens is 428 g/mol. The summed E-state index contributed by atoms with van der Waals surface area (Å²) in [4.78, 5) is 28.4. The van der Waals surface area contributed by atoms with Crippen LogP contribution in [0.2, 0.25) is 0 Å². The third kappa shape index (κ3) is 4.53. The summed E-state index contributed by atoms with van der Waals surface area (Å²) in [5, 5.41) is 3.18. The van der Waals surface area contributed by atoms with Crippen molar-refractivity contribution >= 4 is 28.8 Å². The van der Waals surface area contributed by atoms with E-state index in [-0.39, 0.29) is 11.6 Å². The Kier molecular flexibility index (Phi) is 6.68. The SMILES string of the molecule is CCCOc1ccc(C2=C(Nc3ccc(OC)cc3)C(=O)N(c3ccc(C)c(C)c3)C2=O)cc1. The molecule has 1 N–H and O–H groups in total. The molecule has 0 bridgehead atoms. The topological polar surface area (TPSA) is 67.9 Å². The molecule has 0 unspecified atom stereocenters. The van der Waals surface area contributed by atoms with Gasteiger partial charge in [-0.2, -0.15) is 0 Å². The van der Waals surface area contributed by atoms with Gasteiger partial charge in [-0.05, 0) is 85.5 Å². The van der Waals surface area contributed by atoms with Crippen LogP contribution >= 0.6 is 0 Å². The highest BCUT2D eigenvalue weighted by Crippen LogP contribution is 2.35. The fourth-order valence-electron chi connectivity index (χ4n) is 3.77. The van der Waals surface area contributed by atoms with Crippen LogP contribution in [0.3, 0.4) is 0 Å². The van der Waals surface area contributed by atoms with Gasteiger partial charge in [0, 0.05) is 5.69 Å². The first kappa shape index (κ1) is 23.1. The largest absolute Gasteiger partial charge is 0.497 e. The number of hydrogen-bond acceptors (Lipinski definition) is 5. The lowest BCUT2D eigenvalue weighted by atomic mass is 10.0. The highest BCUT2D eigenvalue weighted by atomic mass is 16.5. The van der Waals surface area contributed by atoms with E-state index >= 15 is 0 Å². The van der Waals surface area contributed by atoms with Crippen molar-refractivity contribution < 1.29 is 19.1 Å². The molecule has 0 spiro atoms. The molecule has 0 atom stereocenters. The third-order valence-corrected chi connectivity index (χ3v) is 5.81. The minimum Gasteiger partial charge on any atom is -0.497 e. The van der Waals surface area contributed by atoms with Crippen LogP contribution in [0.4, 0.5) is 11.4 Å². The number of ether oxygens (including phenoxy) is 2. The van der Waals surface area contributed by atoms with Crippen LogP contribution in [0, 0.1) is 13.8 Å². The predicted molar refractivity (Wildman–Crippen MR) is 134 cm³/mol. The molecule has 4 rings (SSSR count). The summed E-state index contributed by atoms with van der Waals surface area (Å²) in [7, 11) is 1.59. The van der Waals surface area contributed by atoms with Crippen molar-refractivity contribution in [1.82, 2.24) is 0 Å². The van der Waals surface area contributed by atoms with E-state index in [9.17, 15) is 9.59 Å². The number of hydrogen-bond donors (Lipinski definition) is 1. The summed E-state index contributed by atoms with van der Waals surface area (Å²) < 4.78 is 10.9. The number of rotatable bonds is 8. The Morgan fingerprint density at radius 2 is 1.50 bits per heavy atom. The number of nitrogens with zero attached hydrogens (tertiary/aromatic N) is 1. The molecule has 3 aromatic carbocycles. The average Bonchev–Trinajstić information content (AvgIpc) is 3.09. The summed E-state index contributed by atoms with van der Waals surface area (Å²) >= 11 is 0. The molecule has 6 heteroatoms. The first-order valence-electron chi connectivity index (χ1n) is 11.3. The molecule has 0 saturated heterocycles. The Morgan fingerprint density at radius 1 is 0.824 bits per heavy atom. The van der Waals surface area contributed by atoms with Crippen LogP contribution < -0.4 is 19.7 Å². The number of nitrogens with one attached hydrogen (secondary N) is 1. The fraction of sp³-hybridized carbons (Fsp3) is 0.214. The van der Waals surface area contributed by atoms with Gasteiger partial charge >= 0.3 is 0 Å². The van der Waals surface area contributed by atoms with Gasteiger partial charge in [0.05, 0.1) is 25.0 Å². The zero-order valence-electron chi connectivity index (χ0n) is 19.8. The lowest BCUT2D eigenvalue weighted by molar-refractivity contribution is -0.120. The highest BCUT2D eigenvalue weighted by molar-refractivity contribution is 6.46. The van der Waals surface area contributed by atoms with Crippen molar-refractivity contribution in [3.63, 3.8) is 0 Å². The molecule has 0 saturated carbocycles. The van der Waals surface area contributed by atoms with Crippen LogP contribution in [0.25, 0.3) is 5.57 Å². The molecule has 1 heterocycles. The lowest BCUT2D eigenvalue weighted by Crippen LogP contribution is -2.32. The summed E-state index contributed by atoms with van der Waals surface area (Å²) in [5.41, 5.74) is 4.52. The van der Waals surface area contributed by atoms with E-state index in [4.69, 9.17) is 9.47 Å². The number of carbonyl (C=O) groups is 2. The number of amides is 2. The minimum atomic E-state index is -0.398. The second-order valence-corrected chi connectivity index (χ2v) is 8.19. The van der Waals surface area contributed by atoms with Gasteiger partial charge in [-0.15, -0.1) is 0 Å². The zero-order valence-corrected chi connectivity index (χ0v) is 19.8. The van der Waals surface area contributed by atoms with E-state index in [1.165, 1.54) is 4.90 Å². The Labute approximate surface area is 199 Å². The lowest BCUT2D eigenvalue weighted by Gasteiger charge is -2.17. The molecule has 1 aliphatic rings. The maximum Gasteiger partial charge on any atom is 0.282 e. The maximum atomic E-state index is 13.6. The van der Waals surface area contributed by atoms with Crippen molar-refractivity contribution in [2.24, 2.45) is 0 Å². The quantitative estimate of drug-likeness (QED) is 0.454. The van der Waals surface area contributed by atoms with Gasteiger partial charge in [-0.3, -0.25) is 9.59 Å². The van der Waals surface area contributed by atoms with Crippen molar-refractivity contribution in [2.75, 3.05) is 23.9 Å². The maximum absolute atomic E-state index is 13.6. The van der Waals surface area contributed by atoms with Crippen molar-refractivity contribution in [3.8, 4) is 11.5 Å². The normalized spacial score (nSPS) is 13.5. The van der Waals surface area contributed by atoms with Crippen LogP contribution in [0.15, 0.2) is 72.4 Å². The van der Waals surface area contributed by atoms with Gasteiger partial charge < -0.3 is 14.8 Å². The highest BCUT2D eigenvalue weighted by Gasteiger charge is 2.40. The molecule has 6 nitrogen and oxygen atoms in total. The summed E-state index contributed by atoms with van der Waals surface area (Å²) in [6, 6.07) is 20.0. The molecule has 174 valence electrons. The predicted octanol–water partition coefficient (Wildman–Crippen LogP) is 5.50. The van der Waals surface area contributed by atoms with Crippen LogP contribution in [0.1, 0.15) is 30.0 Å². The van der Waals surface area contributed by atoms with E-state index < -0.39 is 5.91 Å². The number of methoxy groups -OCH3 is 1. The number of aryl methyl sites for hydroxylation is 2. The molecule has 0 fully saturated rings. The van der Waals surface area contributed by atoms with Gasteiger partial charge in [0.25, 0.3) is 11.8 Å². The van der Waals surface area contributed by atoms with E-state index in [1.807, 2.05) is 69.3 Å². The third-order valence-electron chi connectivity index (χ3n) is 5.81. The van der Waals surface area contributed by atoms with Gasteiger partial charge in [0.15, 0.2) is 0 Å². The van der Waals surface area contributed by atoms with E-state index in [1.54, 1.807) is 25.3 Å². The Morgan fingerprint density at radius 3 is 2.12 bits per heavy atom. The number of imide groups is 1. The Balaban J connectivity index is 1.75. The van der Waals surface area contributed by atoms with E-state index in [0.717, 1.165) is 23.3 Å². The van der Waals surface area contributed by atoms with Gasteiger partial charge in [0.1, 0.15) is 17.2 Å². The smallest absolute Gasteiger partial charge is 0.282 e. The summed E-state index contributed by atoms with van der Waals surface area (Å²) in [6.45, 7) is 6.61. The number of anilines is 2. The van der Waals surface area contributed by atoms with Crippen LogP contribution in [-0.4, -0.2) is 25.5 Å². The zero-order chi connectivity index (χ0) is 24.2. The van der Waals surface area contributed by atoms with E-state index in [0.29, 0.717) is 34.9 Å². The van der Waals surface area contributed by atoms with Crippen molar-refractivity contribution in [1.29, 1.82) is 0 Å². The average molecular weight is 457 g/mol. The molecule has 2 amide bonds. The van der Waals surface area contributed by atoms with Crippen molar-refractivity contribution in [2.45, 2.75) is 27.2 Å². The van der Waals surface area contributed by atoms with Crippen LogP contribution in [0.5, 0.6) is 11.5 Å². The van der Waals surface area contributed by atoms with Gasteiger partial charge in [-0.1, -0.05) is 25.1 Å². The number of carbonyl (C=O) groups excluding carboxylic acids is 2. The molecule has 0 aliphatic carbocycles. The molecule has 0 radical (unpaired) electrons. The second-order valence-electron chi connectivity index (χ2n) is 8.19. The Bertz CT molecular complexity index is 1240. The first-order chi connectivity index (χ1) is 16.4. The van der Waals surface area contributed by atoms with Crippen molar-refractivity contribution in [3.05, 3.63) is 89.1 Å². The molecule has 3 aromatic rings. The first-order valence-corrected chi connectivity index (χ1v) is 11.3. The molecule has 1 aliphatic heterocycles. The molecular formula is C28H28N2O4. The van der Waals surface area contributed by atoms with Gasteiger partial charge in [-0.25, -0.2) is 4.90 Å². The standard InChI is InChI=1S/C28H28N2O4/c1-5-16-34-24-12-7-20(8-13-24)25-26(29-21-9-14-23(33-4)15-10-21)28(32)30(27(25)31)22-11-6-18(2)19(3)17-22/h6-15,17,29H,5,16H2,1-4H3. The fourth-order valence-corrected chi connectivity index (χ4v) is 3.77. The van der Waals surface area contributed by atoms with E-state index in [2.05, 4.69) is 5.32 Å². The molecule has 34 heavy (non-hydrogen) atoms. The number of benzene rings is 3.